The van der Waals surface area contributed by atoms with Gasteiger partial charge in [0.25, 0.3) is 0 Å². The highest BCUT2D eigenvalue weighted by molar-refractivity contribution is 6.08. The van der Waals surface area contributed by atoms with Gasteiger partial charge < -0.3 is 15.0 Å². The largest absolute Gasteiger partial charge is 0.480 e. The summed E-state index contributed by atoms with van der Waals surface area (Å²) >= 11 is 0. The van der Waals surface area contributed by atoms with Crippen molar-refractivity contribution in [3.63, 3.8) is 0 Å². The molecule has 5 heteroatoms. The number of nitrogens with zero attached hydrogens (tertiary/aromatic N) is 1. The van der Waals surface area contributed by atoms with Crippen molar-refractivity contribution in [3.05, 3.63) is 96.6 Å². The van der Waals surface area contributed by atoms with Gasteiger partial charge in [0.2, 0.25) is 5.91 Å². The molecule has 0 aliphatic carbocycles. The molecule has 1 atom stereocenters. The fourth-order valence-electron chi connectivity index (χ4n) is 4.36. The Labute approximate surface area is 184 Å². The molecule has 2 N–H and O–H groups in total. The van der Waals surface area contributed by atoms with Crippen LogP contribution in [-0.2, 0) is 22.6 Å². The first-order valence-electron chi connectivity index (χ1n) is 10.6. The number of carboxylic acid groups (broad SMARTS) is 1. The summed E-state index contributed by atoms with van der Waals surface area (Å²) in [6.45, 7) is 0.0511. The molecule has 0 bridgehead atoms. The van der Waals surface area contributed by atoms with Crippen LogP contribution in [0.1, 0.15) is 5.56 Å². The Morgan fingerprint density at radius 2 is 1.38 bits per heavy atom. The smallest absolute Gasteiger partial charge is 0.326 e. The molecule has 0 aliphatic rings. The number of nitrogens with one attached hydrogen (secondary N) is 1. The summed E-state index contributed by atoms with van der Waals surface area (Å²) < 4.78 is 1.94. The van der Waals surface area contributed by atoms with Crippen molar-refractivity contribution >= 4 is 44.5 Å². The molecule has 1 amide bonds. The zero-order valence-corrected chi connectivity index (χ0v) is 17.4. The van der Waals surface area contributed by atoms with Gasteiger partial charge in [-0.1, -0.05) is 78.9 Å². The quantitative estimate of drug-likeness (QED) is 0.414. The monoisotopic (exact) mass is 422 g/mol. The van der Waals surface area contributed by atoms with Crippen LogP contribution >= 0.6 is 0 Å². The zero-order chi connectivity index (χ0) is 22.1. The van der Waals surface area contributed by atoms with Gasteiger partial charge >= 0.3 is 5.97 Å². The van der Waals surface area contributed by atoms with E-state index in [1.165, 1.54) is 0 Å². The molecule has 0 fully saturated rings. The van der Waals surface area contributed by atoms with E-state index in [0.29, 0.717) is 0 Å². The number of carbonyl (C=O) groups excluding carboxylic acids is 1. The molecule has 4 aromatic carbocycles. The van der Waals surface area contributed by atoms with Crippen molar-refractivity contribution in [1.29, 1.82) is 0 Å². The van der Waals surface area contributed by atoms with Gasteiger partial charge in [-0.25, -0.2) is 4.79 Å². The number of aliphatic carboxylic acids is 1. The third-order valence-electron chi connectivity index (χ3n) is 5.87. The second kappa shape index (κ2) is 8.19. The van der Waals surface area contributed by atoms with Crippen LogP contribution in [0.5, 0.6) is 0 Å². The highest BCUT2D eigenvalue weighted by atomic mass is 16.4. The number of carbonyl (C=O) groups is 2. The van der Waals surface area contributed by atoms with E-state index in [1.54, 1.807) is 0 Å². The van der Waals surface area contributed by atoms with E-state index in [-0.39, 0.29) is 18.9 Å². The predicted octanol–water partition coefficient (Wildman–Crippen LogP) is 4.76. The lowest BCUT2D eigenvalue weighted by atomic mass is 10.0. The van der Waals surface area contributed by atoms with Crippen molar-refractivity contribution < 1.29 is 14.7 Å². The van der Waals surface area contributed by atoms with Gasteiger partial charge in [0.15, 0.2) is 0 Å². The summed E-state index contributed by atoms with van der Waals surface area (Å²) in [6.07, 6.45) is 0.221. The van der Waals surface area contributed by atoms with Crippen molar-refractivity contribution in [3.8, 4) is 0 Å². The molecule has 5 rings (SSSR count). The minimum atomic E-state index is -1.05. The Balaban J connectivity index is 1.39. The van der Waals surface area contributed by atoms with Gasteiger partial charge in [0, 0.05) is 28.2 Å². The lowest BCUT2D eigenvalue weighted by Gasteiger charge is -2.16. The van der Waals surface area contributed by atoms with Crippen LogP contribution in [0.2, 0.25) is 0 Å². The number of fused-ring (bicyclic) bond motifs is 4. The molecule has 0 unspecified atom stereocenters. The number of amides is 1. The standard InChI is InChI=1S/C27H22N2O3/c30-26(17-29-24-11-5-3-9-21(24)22-10-4-6-12-25(22)29)28-23(27(31)32)16-18-13-14-19-7-1-2-8-20(19)15-18/h1-15,23H,16-17H2,(H,28,30)(H,31,32)/t23-/m1/s1. The molecule has 5 aromatic rings. The van der Waals surface area contributed by atoms with Crippen LogP contribution in [-0.4, -0.2) is 27.6 Å². The van der Waals surface area contributed by atoms with Gasteiger partial charge in [-0.15, -0.1) is 0 Å². The number of hydrogen-bond donors (Lipinski definition) is 2. The van der Waals surface area contributed by atoms with Crippen LogP contribution < -0.4 is 5.32 Å². The van der Waals surface area contributed by atoms with Gasteiger partial charge in [0.1, 0.15) is 12.6 Å². The van der Waals surface area contributed by atoms with Gasteiger partial charge in [-0.3, -0.25) is 4.79 Å². The number of para-hydroxylation sites is 2. The Bertz CT molecular complexity index is 1410. The van der Waals surface area contributed by atoms with Gasteiger partial charge in [-0.2, -0.15) is 0 Å². The summed E-state index contributed by atoms with van der Waals surface area (Å²) in [6, 6.07) is 28.7. The van der Waals surface area contributed by atoms with E-state index in [1.807, 2.05) is 95.6 Å². The summed E-state index contributed by atoms with van der Waals surface area (Å²) in [7, 11) is 0. The van der Waals surface area contributed by atoms with Crippen molar-refractivity contribution in [2.75, 3.05) is 0 Å². The molecule has 0 spiro atoms. The van der Waals surface area contributed by atoms with Crippen LogP contribution in [0.15, 0.2) is 91.0 Å². The second-order valence-corrected chi connectivity index (χ2v) is 7.96. The summed E-state index contributed by atoms with van der Waals surface area (Å²) in [5.74, 6) is -1.38. The Hall–Kier alpha value is -4.12. The molecule has 158 valence electrons. The van der Waals surface area contributed by atoms with Crippen molar-refractivity contribution in [2.24, 2.45) is 0 Å². The molecule has 0 saturated heterocycles. The first kappa shape index (κ1) is 19.8. The number of hydrogen-bond acceptors (Lipinski definition) is 2. The fraction of sp³-hybridized carbons (Fsp3) is 0.111. The molecule has 5 nitrogen and oxygen atoms in total. The van der Waals surface area contributed by atoms with Crippen LogP contribution in [0.4, 0.5) is 0 Å². The van der Waals surface area contributed by atoms with Crippen molar-refractivity contribution in [2.45, 2.75) is 19.0 Å². The Morgan fingerprint density at radius 3 is 2.03 bits per heavy atom. The van der Waals surface area contributed by atoms with Gasteiger partial charge in [0.05, 0.1) is 0 Å². The second-order valence-electron chi connectivity index (χ2n) is 7.96. The van der Waals surface area contributed by atoms with E-state index < -0.39 is 12.0 Å². The topological polar surface area (TPSA) is 71.3 Å². The predicted molar refractivity (Wildman–Crippen MR) is 127 cm³/mol. The lowest BCUT2D eigenvalue weighted by Crippen LogP contribution is -2.43. The highest BCUT2D eigenvalue weighted by Gasteiger charge is 2.22. The maximum atomic E-state index is 12.9. The molecular weight excluding hydrogens is 400 g/mol. The van der Waals surface area contributed by atoms with E-state index >= 15 is 0 Å². The molecule has 0 saturated carbocycles. The molecular formula is C27H22N2O3. The molecule has 1 heterocycles. The first-order chi connectivity index (χ1) is 15.6. The maximum Gasteiger partial charge on any atom is 0.326 e. The Kier molecular flexibility index (Phi) is 5.07. The summed E-state index contributed by atoms with van der Waals surface area (Å²) in [5, 5.41) is 16.8. The number of rotatable bonds is 6. The Morgan fingerprint density at radius 1 is 0.781 bits per heavy atom. The molecule has 0 radical (unpaired) electrons. The number of aromatic nitrogens is 1. The summed E-state index contributed by atoms with van der Waals surface area (Å²) in [5.41, 5.74) is 2.77. The minimum absolute atomic E-state index is 0.0511. The normalized spacial score (nSPS) is 12.2. The van der Waals surface area contributed by atoms with E-state index in [9.17, 15) is 14.7 Å². The third kappa shape index (κ3) is 3.69. The van der Waals surface area contributed by atoms with Crippen LogP contribution in [0.3, 0.4) is 0 Å². The van der Waals surface area contributed by atoms with E-state index in [0.717, 1.165) is 38.1 Å². The number of carboxylic acids is 1. The third-order valence-corrected chi connectivity index (χ3v) is 5.87. The number of benzene rings is 4. The minimum Gasteiger partial charge on any atom is -0.480 e. The highest BCUT2D eigenvalue weighted by Crippen LogP contribution is 2.28. The van der Waals surface area contributed by atoms with Gasteiger partial charge in [-0.05, 0) is 28.5 Å². The zero-order valence-electron chi connectivity index (χ0n) is 17.4. The summed E-state index contributed by atoms with van der Waals surface area (Å²) in [4.78, 5) is 24.8. The van der Waals surface area contributed by atoms with E-state index in [2.05, 4.69) is 5.32 Å². The average molecular weight is 422 g/mol. The van der Waals surface area contributed by atoms with Crippen LogP contribution in [0, 0.1) is 0 Å². The van der Waals surface area contributed by atoms with Crippen LogP contribution in [0.25, 0.3) is 32.6 Å². The SMILES string of the molecule is O=C(Cn1c2ccccc2c2ccccc21)N[C@H](Cc1ccc2ccccc2c1)C(=O)O. The fourth-order valence-corrected chi connectivity index (χ4v) is 4.36. The molecule has 32 heavy (non-hydrogen) atoms. The lowest BCUT2D eigenvalue weighted by molar-refractivity contribution is -0.141. The first-order valence-corrected chi connectivity index (χ1v) is 10.6. The maximum absolute atomic E-state index is 12.9. The average Bonchev–Trinajstić information content (AvgIpc) is 3.12. The molecule has 0 aliphatic heterocycles. The molecule has 1 aromatic heterocycles. The van der Waals surface area contributed by atoms with Crippen molar-refractivity contribution in [1.82, 2.24) is 9.88 Å². The van der Waals surface area contributed by atoms with E-state index in [4.69, 9.17) is 0 Å².